The minimum absolute atomic E-state index is 0. The van der Waals surface area contributed by atoms with Crippen LogP contribution in [0.25, 0.3) is 0 Å². The Morgan fingerprint density at radius 3 is 2.55 bits per heavy atom. The van der Waals surface area contributed by atoms with Gasteiger partial charge in [-0.15, -0.1) is 24.0 Å². The van der Waals surface area contributed by atoms with Crippen molar-refractivity contribution in [3.8, 4) is 5.75 Å². The van der Waals surface area contributed by atoms with Crippen LogP contribution in [0, 0.1) is 5.82 Å². The number of aromatic nitrogens is 2. The number of rotatable bonds is 10. The zero-order valence-corrected chi connectivity index (χ0v) is 21.7. The first-order valence-corrected chi connectivity index (χ1v) is 11.3. The summed E-state index contributed by atoms with van der Waals surface area (Å²) in [6.45, 7) is 10.9. The van der Waals surface area contributed by atoms with E-state index in [9.17, 15) is 4.39 Å². The molecule has 1 aliphatic heterocycles. The molecule has 3 rings (SSSR count). The molecule has 2 N–H and O–H groups in total. The maximum Gasteiger partial charge on any atom is 0.225 e. The number of ether oxygens (including phenoxy) is 1. The lowest BCUT2D eigenvalue weighted by molar-refractivity contribution is 0.220. The van der Waals surface area contributed by atoms with Crippen LogP contribution in [0.3, 0.4) is 0 Å². The summed E-state index contributed by atoms with van der Waals surface area (Å²) in [6.07, 6.45) is 4.37. The summed E-state index contributed by atoms with van der Waals surface area (Å²) < 4.78 is 19.4. The van der Waals surface area contributed by atoms with Gasteiger partial charge in [-0.1, -0.05) is 12.1 Å². The molecule has 2 heterocycles. The standard InChI is InChI=1S/C23H34FN7O.HI/c1-3-25-22(29-18-19(2)32-21-9-5-4-8-20(21)24)26-12-7-13-30-14-16-31(17-15-30)23-27-10-6-11-28-23;/h4-6,8-11,19H,3,7,12-18H2,1-2H3,(H2,25,26,29);1H. The molecule has 1 aliphatic rings. The number of benzene rings is 1. The van der Waals surface area contributed by atoms with Crippen LogP contribution in [0.1, 0.15) is 20.3 Å². The van der Waals surface area contributed by atoms with Crippen molar-refractivity contribution in [2.75, 3.05) is 57.3 Å². The van der Waals surface area contributed by atoms with Gasteiger partial charge in [0.05, 0.1) is 6.54 Å². The quantitative estimate of drug-likeness (QED) is 0.197. The lowest BCUT2D eigenvalue weighted by Gasteiger charge is -2.34. The van der Waals surface area contributed by atoms with E-state index < -0.39 is 0 Å². The Morgan fingerprint density at radius 1 is 1.12 bits per heavy atom. The molecule has 1 atom stereocenters. The fourth-order valence-electron chi connectivity index (χ4n) is 3.49. The molecule has 1 fully saturated rings. The van der Waals surface area contributed by atoms with Crippen molar-refractivity contribution in [1.82, 2.24) is 25.5 Å². The summed E-state index contributed by atoms with van der Waals surface area (Å²) in [7, 11) is 0. The predicted octanol–water partition coefficient (Wildman–Crippen LogP) is 2.77. The Balaban J connectivity index is 0.00000385. The SMILES string of the molecule is CCNC(=NCC(C)Oc1ccccc1F)NCCCN1CCN(c2ncccn2)CC1.I. The van der Waals surface area contributed by atoms with E-state index in [2.05, 4.69) is 35.4 Å². The van der Waals surface area contributed by atoms with E-state index in [1.807, 2.05) is 19.9 Å². The third-order valence-corrected chi connectivity index (χ3v) is 5.17. The number of piperazine rings is 1. The van der Waals surface area contributed by atoms with Gasteiger partial charge in [0.1, 0.15) is 6.10 Å². The van der Waals surface area contributed by atoms with Crippen LogP contribution in [0.4, 0.5) is 10.3 Å². The van der Waals surface area contributed by atoms with Gasteiger partial charge in [-0.25, -0.2) is 19.4 Å². The predicted molar refractivity (Wildman–Crippen MR) is 141 cm³/mol. The number of hydrogen-bond acceptors (Lipinski definition) is 6. The number of aliphatic imine (C=N–C) groups is 1. The molecule has 0 amide bonds. The van der Waals surface area contributed by atoms with E-state index in [4.69, 9.17) is 4.74 Å². The molecule has 1 saturated heterocycles. The van der Waals surface area contributed by atoms with Crippen molar-refractivity contribution in [3.63, 3.8) is 0 Å². The summed E-state index contributed by atoms with van der Waals surface area (Å²) in [4.78, 5) is 18.0. The highest BCUT2D eigenvalue weighted by atomic mass is 127. The molecular weight excluding hydrogens is 536 g/mol. The number of anilines is 1. The smallest absolute Gasteiger partial charge is 0.225 e. The molecule has 8 nitrogen and oxygen atoms in total. The van der Waals surface area contributed by atoms with E-state index in [1.165, 1.54) is 6.07 Å². The van der Waals surface area contributed by atoms with Crippen LogP contribution >= 0.6 is 24.0 Å². The average molecular weight is 571 g/mol. The highest BCUT2D eigenvalue weighted by Crippen LogP contribution is 2.17. The molecule has 10 heteroatoms. The van der Waals surface area contributed by atoms with E-state index in [0.717, 1.165) is 64.1 Å². The lowest BCUT2D eigenvalue weighted by Crippen LogP contribution is -2.47. The second kappa shape index (κ2) is 14.8. The summed E-state index contributed by atoms with van der Waals surface area (Å²) >= 11 is 0. The van der Waals surface area contributed by atoms with Crippen LogP contribution in [0.2, 0.25) is 0 Å². The second-order valence-electron chi connectivity index (χ2n) is 7.74. The molecule has 182 valence electrons. The minimum atomic E-state index is -0.356. The fourth-order valence-corrected chi connectivity index (χ4v) is 3.49. The van der Waals surface area contributed by atoms with Crippen molar-refractivity contribution < 1.29 is 9.13 Å². The molecule has 0 aliphatic carbocycles. The van der Waals surface area contributed by atoms with Crippen molar-refractivity contribution in [1.29, 1.82) is 0 Å². The third-order valence-electron chi connectivity index (χ3n) is 5.17. The normalized spacial score (nSPS) is 15.5. The molecule has 33 heavy (non-hydrogen) atoms. The van der Waals surface area contributed by atoms with Gasteiger partial charge in [0, 0.05) is 51.7 Å². The summed E-state index contributed by atoms with van der Waals surface area (Å²) in [5.41, 5.74) is 0. The van der Waals surface area contributed by atoms with Crippen LogP contribution in [0.15, 0.2) is 47.7 Å². The van der Waals surface area contributed by atoms with Crippen molar-refractivity contribution in [3.05, 3.63) is 48.5 Å². The fraction of sp³-hybridized carbons (Fsp3) is 0.522. The zero-order chi connectivity index (χ0) is 22.6. The van der Waals surface area contributed by atoms with Gasteiger partial charge >= 0.3 is 0 Å². The first kappa shape index (κ1) is 27.0. The van der Waals surface area contributed by atoms with Crippen LogP contribution in [0.5, 0.6) is 5.75 Å². The Morgan fingerprint density at radius 2 is 1.85 bits per heavy atom. The van der Waals surface area contributed by atoms with Crippen molar-refractivity contribution >= 4 is 35.9 Å². The minimum Gasteiger partial charge on any atom is -0.486 e. The van der Waals surface area contributed by atoms with Gasteiger partial charge in [-0.2, -0.15) is 0 Å². The number of nitrogens with zero attached hydrogens (tertiary/aromatic N) is 5. The van der Waals surface area contributed by atoms with Crippen molar-refractivity contribution in [2.24, 2.45) is 4.99 Å². The Labute approximate surface area is 213 Å². The van der Waals surface area contributed by atoms with E-state index in [0.29, 0.717) is 6.54 Å². The number of nitrogens with one attached hydrogen (secondary N) is 2. The van der Waals surface area contributed by atoms with Gasteiger partial charge in [0.2, 0.25) is 5.95 Å². The number of halogens is 2. The molecule has 0 saturated carbocycles. The second-order valence-corrected chi connectivity index (χ2v) is 7.74. The zero-order valence-electron chi connectivity index (χ0n) is 19.4. The first-order valence-electron chi connectivity index (χ1n) is 11.3. The highest BCUT2D eigenvalue weighted by Gasteiger charge is 2.18. The van der Waals surface area contributed by atoms with Crippen LogP contribution in [-0.4, -0.2) is 79.3 Å². The van der Waals surface area contributed by atoms with Crippen LogP contribution in [-0.2, 0) is 0 Å². The van der Waals surface area contributed by atoms with Gasteiger partial charge in [0.25, 0.3) is 0 Å². The van der Waals surface area contributed by atoms with Gasteiger partial charge in [0.15, 0.2) is 17.5 Å². The van der Waals surface area contributed by atoms with Crippen molar-refractivity contribution in [2.45, 2.75) is 26.4 Å². The molecule has 0 spiro atoms. The topological polar surface area (TPSA) is 77.9 Å². The van der Waals surface area contributed by atoms with Gasteiger partial charge < -0.3 is 20.3 Å². The molecule has 0 radical (unpaired) electrons. The average Bonchev–Trinajstić information content (AvgIpc) is 2.82. The molecule has 1 aromatic carbocycles. The van der Waals surface area contributed by atoms with Gasteiger partial charge in [-0.05, 0) is 45.0 Å². The summed E-state index contributed by atoms with van der Waals surface area (Å²) in [5, 5.41) is 6.63. The molecule has 1 unspecified atom stereocenters. The Bertz CT molecular complexity index is 835. The van der Waals surface area contributed by atoms with E-state index >= 15 is 0 Å². The Hall–Kier alpha value is -2.21. The summed E-state index contributed by atoms with van der Waals surface area (Å²) in [6, 6.07) is 8.28. The highest BCUT2D eigenvalue weighted by molar-refractivity contribution is 14.0. The molecule has 1 aromatic heterocycles. The first-order chi connectivity index (χ1) is 15.7. The van der Waals surface area contributed by atoms with E-state index in [1.54, 1.807) is 30.6 Å². The third kappa shape index (κ3) is 9.28. The number of hydrogen-bond donors (Lipinski definition) is 2. The Kier molecular flexibility index (Phi) is 12.2. The van der Waals surface area contributed by atoms with E-state index in [-0.39, 0.29) is 41.6 Å². The molecule has 2 aromatic rings. The molecular formula is C23H35FIN7O. The summed E-state index contributed by atoms with van der Waals surface area (Å²) in [5.74, 6) is 1.47. The monoisotopic (exact) mass is 571 g/mol. The van der Waals surface area contributed by atoms with Gasteiger partial charge in [-0.3, -0.25) is 4.90 Å². The number of para-hydroxylation sites is 1. The lowest BCUT2D eigenvalue weighted by atomic mass is 10.3. The molecule has 0 bridgehead atoms. The maximum atomic E-state index is 13.7. The largest absolute Gasteiger partial charge is 0.486 e. The number of guanidine groups is 1. The maximum absolute atomic E-state index is 13.7. The van der Waals surface area contributed by atoms with Crippen LogP contribution < -0.4 is 20.3 Å².